The van der Waals surface area contributed by atoms with Gasteiger partial charge in [-0.25, -0.2) is 0 Å². The summed E-state index contributed by atoms with van der Waals surface area (Å²) in [5, 5.41) is 13.7. The van der Waals surface area contributed by atoms with E-state index in [9.17, 15) is 24.0 Å². The molecule has 1 unspecified atom stereocenters. The SMILES string of the molecule is CCc1nc2ccc(NCCCCCCCCCCNC(=O)CN(C)c3cccc4c3C(=O)N(C3CCC(=O)NC3=O)C4=O)cc2c(Nc2ccccc2)c1CC. The van der Waals surface area contributed by atoms with E-state index >= 15 is 0 Å². The van der Waals surface area contributed by atoms with Crippen LogP contribution in [0.1, 0.15) is 110 Å². The van der Waals surface area contributed by atoms with Gasteiger partial charge in [-0.1, -0.05) is 76.6 Å². The van der Waals surface area contributed by atoms with Gasteiger partial charge in [0.15, 0.2) is 0 Å². The van der Waals surface area contributed by atoms with Gasteiger partial charge in [0.25, 0.3) is 11.8 Å². The Balaban J connectivity index is 0.861. The maximum absolute atomic E-state index is 13.4. The highest BCUT2D eigenvalue weighted by Crippen LogP contribution is 2.35. The molecular formula is C45H55N7O5. The van der Waals surface area contributed by atoms with E-state index in [1.165, 1.54) is 31.2 Å². The highest BCUT2D eigenvalue weighted by atomic mass is 16.2. The fourth-order valence-corrected chi connectivity index (χ4v) is 7.89. The van der Waals surface area contributed by atoms with E-state index < -0.39 is 29.7 Å². The molecule has 0 saturated carbocycles. The number of anilines is 4. The molecule has 3 heterocycles. The fourth-order valence-electron chi connectivity index (χ4n) is 7.89. The first-order chi connectivity index (χ1) is 27.7. The standard InChI is InChI=1S/C45H55N7O5/c1-4-32-35(5-2)49-36-23-22-31(28-34(36)42(32)48-30-18-13-12-14-19-30)46-26-15-10-8-6-7-9-11-16-27-47-40(54)29-51(3)37-21-17-20-33-41(37)45(57)52(44(33)56)38-24-25-39(53)50-43(38)55/h12-14,17-23,28,38,46H,4-11,15-16,24-27,29H2,1-3H3,(H,47,54)(H,48,49)(H,50,53,55). The minimum absolute atomic E-state index is 0.00929. The smallest absolute Gasteiger partial charge is 0.264 e. The number of hydrogen-bond acceptors (Lipinski definition) is 9. The number of pyridine rings is 1. The van der Waals surface area contributed by atoms with Gasteiger partial charge >= 0.3 is 0 Å². The van der Waals surface area contributed by atoms with Crippen molar-refractivity contribution in [1.29, 1.82) is 0 Å². The summed E-state index contributed by atoms with van der Waals surface area (Å²) in [6.45, 7) is 5.86. The molecule has 12 heteroatoms. The van der Waals surface area contributed by atoms with E-state index in [-0.39, 0.29) is 36.4 Å². The van der Waals surface area contributed by atoms with Crippen molar-refractivity contribution in [3.63, 3.8) is 0 Å². The van der Waals surface area contributed by atoms with Crippen molar-refractivity contribution in [2.45, 2.75) is 96.9 Å². The summed E-state index contributed by atoms with van der Waals surface area (Å²) >= 11 is 0. The number of unbranched alkanes of at least 4 members (excludes halogenated alkanes) is 7. The lowest BCUT2D eigenvalue weighted by molar-refractivity contribution is -0.136. The number of nitrogens with zero attached hydrogens (tertiary/aromatic N) is 3. The van der Waals surface area contributed by atoms with Crippen LogP contribution >= 0.6 is 0 Å². The van der Waals surface area contributed by atoms with Gasteiger partial charge < -0.3 is 20.9 Å². The molecule has 0 bridgehead atoms. The lowest BCUT2D eigenvalue weighted by Crippen LogP contribution is -2.54. The number of aryl methyl sites for hydroxylation is 1. The number of piperidine rings is 1. The number of carbonyl (C=O) groups excluding carboxylic acids is 5. The summed E-state index contributed by atoms with van der Waals surface area (Å²) in [6.07, 6.45) is 10.8. The van der Waals surface area contributed by atoms with Crippen molar-refractivity contribution in [2.75, 3.05) is 42.2 Å². The molecule has 1 atom stereocenters. The first kappa shape index (κ1) is 40.9. The Morgan fingerprint density at radius 3 is 2.25 bits per heavy atom. The average molecular weight is 774 g/mol. The summed E-state index contributed by atoms with van der Waals surface area (Å²) in [5.41, 5.74) is 7.56. The minimum atomic E-state index is -1.04. The average Bonchev–Trinajstić information content (AvgIpc) is 3.47. The van der Waals surface area contributed by atoms with Crippen LogP contribution in [0.3, 0.4) is 0 Å². The zero-order chi connectivity index (χ0) is 40.3. The predicted octanol–water partition coefficient (Wildman–Crippen LogP) is 7.29. The molecule has 3 aromatic carbocycles. The van der Waals surface area contributed by atoms with Gasteiger partial charge in [0.05, 0.1) is 34.6 Å². The number of para-hydroxylation sites is 1. The first-order valence-electron chi connectivity index (χ1n) is 20.5. The molecule has 1 aromatic heterocycles. The van der Waals surface area contributed by atoms with Crippen LogP contribution in [-0.4, -0.2) is 72.1 Å². The van der Waals surface area contributed by atoms with Gasteiger partial charge in [0.1, 0.15) is 6.04 Å². The van der Waals surface area contributed by atoms with Gasteiger partial charge in [-0.2, -0.15) is 0 Å². The van der Waals surface area contributed by atoms with Crippen LogP contribution in [0.2, 0.25) is 0 Å². The Hall–Kier alpha value is -5.78. The number of benzene rings is 3. The number of nitrogens with one attached hydrogen (secondary N) is 4. The highest BCUT2D eigenvalue weighted by Gasteiger charge is 2.46. The number of hydrogen-bond donors (Lipinski definition) is 4. The maximum atomic E-state index is 13.4. The van der Waals surface area contributed by atoms with Gasteiger partial charge in [-0.15, -0.1) is 0 Å². The zero-order valence-electron chi connectivity index (χ0n) is 33.4. The molecular weight excluding hydrogens is 719 g/mol. The van der Waals surface area contributed by atoms with Gasteiger partial charge in [-0.05, 0) is 80.1 Å². The Morgan fingerprint density at radius 2 is 1.54 bits per heavy atom. The molecule has 4 aromatic rings. The van der Waals surface area contributed by atoms with Crippen molar-refractivity contribution in [3.8, 4) is 0 Å². The van der Waals surface area contributed by atoms with Crippen molar-refractivity contribution >= 4 is 63.2 Å². The zero-order valence-corrected chi connectivity index (χ0v) is 33.4. The number of amides is 5. The van der Waals surface area contributed by atoms with Crippen LogP contribution in [0.25, 0.3) is 10.9 Å². The Labute approximate surface area is 335 Å². The first-order valence-corrected chi connectivity index (χ1v) is 20.5. The number of imide groups is 2. The van der Waals surface area contributed by atoms with Crippen LogP contribution < -0.4 is 26.2 Å². The molecule has 6 rings (SSSR count). The topological polar surface area (TPSA) is 153 Å². The quantitative estimate of drug-likeness (QED) is 0.0536. The largest absolute Gasteiger partial charge is 0.385 e. The number of likely N-dealkylation sites (N-methyl/N-ethyl adjacent to an activating group) is 1. The summed E-state index contributed by atoms with van der Waals surface area (Å²) in [6, 6.07) is 20.7. The Morgan fingerprint density at radius 1 is 0.825 bits per heavy atom. The maximum Gasteiger partial charge on any atom is 0.264 e. The van der Waals surface area contributed by atoms with Gasteiger partial charge in [0.2, 0.25) is 17.7 Å². The van der Waals surface area contributed by atoms with Crippen LogP contribution in [0.15, 0.2) is 66.7 Å². The second-order valence-corrected chi connectivity index (χ2v) is 15.0. The van der Waals surface area contributed by atoms with E-state index in [2.05, 4.69) is 77.6 Å². The summed E-state index contributed by atoms with van der Waals surface area (Å²) in [4.78, 5) is 71.0. The predicted molar refractivity (Wildman–Crippen MR) is 225 cm³/mol. The van der Waals surface area contributed by atoms with Crippen molar-refractivity contribution < 1.29 is 24.0 Å². The third-order valence-electron chi connectivity index (χ3n) is 10.9. The van der Waals surface area contributed by atoms with E-state index in [1.807, 2.05) is 6.07 Å². The van der Waals surface area contributed by atoms with Crippen LogP contribution in [0.5, 0.6) is 0 Å². The molecule has 1 saturated heterocycles. The van der Waals surface area contributed by atoms with Crippen molar-refractivity contribution in [1.82, 2.24) is 20.5 Å². The van der Waals surface area contributed by atoms with Gasteiger partial charge in [-0.3, -0.25) is 39.2 Å². The van der Waals surface area contributed by atoms with Crippen LogP contribution in [0, 0.1) is 0 Å². The molecule has 4 N–H and O–H groups in total. The van der Waals surface area contributed by atoms with E-state index in [1.54, 1.807) is 30.1 Å². The molecule has 0 spiro atoms. The molecule has 2 aliphatic rings. The molecule has 0 radical (unpaired) electrons. The van der Waals surface area contributed by atoms with E-state index in [0.717, 1.165) is 83.6 Å². The Kier molecular flexibility index (Phi) is 13.9. The van der Waals surface area contributed by atoms with Crippen molar-refractivity contribution in [2.24, 2.45) is 0 Å². The normalized spacial score (nSPS) is 15.1. The van der Waals surface area contributed by atoms with Crippen LogP contribution in [0.4, 0.5) is 22.7 Å². The number of rotatable bonds is 20. The number of aromatic nitrogens is 1. The molecule has 300 valence electrons. The molecule has 57 heavy (non-hydrogen) atoms. The van der Waals surface area contributed by atoms with E-state index in [0.29, 0.717) is 12.2 Å². The molecule has 1 fully saturated rings. The third kappa shape index (κ3) is 9.79. The van der Waals surface area contributed by atoms with Gasteiger partial charge in [0, 0.05) is 49.0 Å². The second-order valence-electron chi connectivity index (χ2n) is 15.0. The molecule has 2 aliphatic heterocycles. The number of fused-ring (bicyclic) bond motifs is 2. The van der Waals surface area contributed by atoms with Crippen molar-refractivity contribution in [3.05, 3.63) is 89.1 Å². The second kappa shape index (κ2) is 19.4. The number of carbonyl (C=O) groups is 5. The minimum Gasteiger partial charge on any atom is -0.385 e. The Bertz CT molecular complexity index is 2100. The third-order valence-corrected chi connectivity index (χ3v) is 10.9. The summed E-state index contributed by atoms with van der Waals surface area (Å²) < 4.78 is 0. The fraction of sp³-hybridized carbons (Fsp3) is 0.422. The lowest BCUT2D eigenvalue weighted by atomic mass is 10.0. The molecule has 5 amide bonds. The summed E-state index contributed by atoms with van der Waals surface area (Å²) in [5.74, 6) is -2.42. The van der Waals surface area contributed by atoms with E-state index in [4.69, 9.17) is 4.98 Å². The monoisotopic (exact) mass is 773 g/mol. The molecule has 12 nitrogen and oxygen atoms in total. The summed E-state index contributed by atoms with van der Waals surface area (Å²) in [7, 11) is 1.70. The lowest BCUT2D eigenvalue weighted by Gasteiger charge is -2.28. The highest BCUT2D eigenvalue weighted by molar-refractivity contribution is 6.25. The molecule has 0 aliphatic carbocycles. The van der Waals surface area contributed by atoms with Crippen LogP contribution in [-0.2, 0) is 27.2 Å².